The third-order valence-corrected chi connectivity index (χ3v) is 7.32. The third kappa shape index (κ3) is 3.93. The largest absolute Gasteiger partial charge is 0.466 e. The standard InChI is InChI=1S/C20H33F2N3O3/c1-2-28-18(27)14-3-6-19(9-14)11-17(23-19)24-7-4-15(5-8-24)25-13-20(21,22)10-16(25)12-26/h14-17,23,26H,2-13H2,1H3/t14?,16-,17?,19?/m1/s1. The number of aliphatic hydroxyl groups is 1. The van der Waals surface area contributed by atoms with E-state index in [4.69, 9.17) is 4.74 Å². The smallest absolute Gasteiger partial charge is 0.308 e. The topological polar surface area (TPSA) is 65.0 Å². The van der Waals surface area contributed by atoms with Crippen molar-refractivity contribution in [1.29, 1.82) is 0 Å². The molecule has 3 heterocycles. The van der Waals surface area contributed by atoms with Crippen LogP contribution in [0.4, 0.5) is 8.78 Å². The molecule has 2 N–H and O–H groups in total. The van der Waals surface area contributed by atoms with E-state index in [1.807, 2.05) is 11.8 Å². The number of alkyl halides is 2. The summed E-state index contributed by atoms with van der Waals surface area (Å²) >= 11 is 0. The lowest BCUT2D eigenvalue weighted by Crippen LogP contribution is -2.69. The first-order valence-electron chi connectivity index (χ1n) is 10.8. The van der Waals surface area contributed by atoms with Gasteiger partial charge in [0, 0.05) is 37.1 Å². The van der Waals surface area contributed by atoms with Gasteiger partial charge >= 0.3 is 5.97 Å². The molecule has 1 saturated carbocycles. The molecule has 160 valence electrons. The van der Waals surface area contributed by atoms with Crippen LogP contribution in [0.1, 0.15) is 51.9 Å². The number of carbonyl (C=O) groups excluding carboxylic acids is 1. The second-order valence-electron chi connectivity index (χ2n) is 9.17. The van der Waals surface area contributed by atoms with E-state index in [-0.39, 0.29) is 43.0 Å². The monoisotopic (exact) mass is 401 g/mol. The molecule has 4 atom stereocenters. The summed E-state index contributed by atoms with van der Waals surface area (Å²) in [6.45, 7) is 3.65. The van der Waals surface area contributed by atoms with E-state index in [0.717, 1.165) is 51.6 Å². The molecule has 0 amide bonds. The number of likely N-dealkylation sites (tertiary alicyclic amines) is 2. The normalized spacial score (nSPS) is 39.4. The zero-order valence-corrected chi connectivity index (χ0v) is 16.7. The first kappa shape index (κ1) is 20.4. The lowest BCUT2D eigenvalue weighted by molar-refractivity contribution is -0.148. The van der Waals surface area contributed by atoms with Gasteiger partial charge in [-0.15, -0.1) is 0 Å². The van der Waals surface area contributed by atoms with Gasteiger partial charge in [0.25, 0.3) is 5.92 Å². The molecule has 8 heteroatoms. The summed E-state index contributed by atoms with van der Waals surface area (Å²) in [6.07, 6.45) is 5.66. The molecule has 4 aliphatic rings. The zero-order chi connectivity index (χ0) is 19.9. The summed E-state index contributed by atoms with van der Waals surface area (Å²) in [6, 6.07) is -0.273. The number of hydrogen-bond donors (Lipinski definition) is 2. The molecule has 4 rings (SSSR count). The second-order valence-corrected chi connectivity index (χ2v) is 9.17. The fourth-order valence-electron chi connectivity index (χ4n) is 5.88. The Hall–Kier alpha value is -0.830. The maximum absolute atomic E-state index is 13.8. The number of piperidine rings is 1. The van der Waals surface area contributed by atoms with Crippen molar-refractivity contribution in [3.05, 3.63) is 0 Å². The van der Waals surface area contributed by atoms with E-state index in [1.54, 1.807) is 0 Å². The van der Waals surface area contributed by atoms with Crippen LogP contribution < -0.4 is 5.32 Å². The highest BCUT2D eigenvalue weighted by molar-refractivity contribution is 5.73. The summed E-state index contributed by atoms with van der Waals surface area (Å²) in [7, 11) is 0. The van der Waals surface area contributed by atoms with Crippen molar-refractivity contribution >= 4 is 5.97 Å². The molecular weight excluding hydrogens is 368 g/mol. The average molecular weight is 401 g/mol. The van der Waals surface area contributed by atoms with Gasteiger partial charge in [0.2, 0.25) is 0 Å². The Morgan fingerprint density at radius 1 is 1.21 bits per heavy atom. The van der Waals surface area contributed by atoms with Crippen molar-refractivity contribution in [1.82, 2.24) is 15.1 Å². The Kier molecular flexibility index (Phi) is 5.68. The fourth-order valence-corrected chi connectivity index (χ4v) is 5.88. The number of nitrogens with one attached hydrogen (secondary N) is 1. The molecule has 28 heavy (non-hydrogen) atoms. The highest BCUT2D eigenvalue weighted by Gasteiger charge is 2.53. The maximum atomic E-state index is 13.8. The third-order valence-electron chi connectivity index (χ3n) is 7.32. The minimum absolute atomic E-state index is 0.0198. The zero-order valence-electron chi connectivity index (χ0n) is 16.7. The number of rotatable bonds is 5. The number of ether oxygens (including phenoxy) is 1. The minimum Gasteiger partial charge on any atom is -0.466 e. The summed E-state index contributed by atoms with van der Waals surface area (Å²) in [5.41, 5.74) is 0.0813. The number of carbonyl (C=O) groups is 1. The second kappa shape index (κ2) is 7.78. The van der Waals surface area contributed by atoms with Gasteiger partial charge in [-0.25, -0.2) is 8.78 Å². The van der Waals surface area contributed by atoms with Crippen molar-refractivity contribution in [3.8, 4) is 0 Å². The van der Waals surface area contributed by atoms with Gasteiger partial charge in [-0.2, -0.15) is 0 Å². The lowest BCUT2D eigenvalue weighted by Gasteiger charge is -2.53. The van der Waals surface area contributed by atoms with Crippen molar-refractivity contribution in [2.24, 2.45) is 5.92 Å². The minimum atomic E-state index is -2.68. The van der Waals surface area contributed by atoms with Crippen LogP contribution in [0.5, 0.6) is 0 Å². The van der Waals surface area contributed by atoms with E-state index >= 15 is 0 Å². The lowest BCUT2D eigenvalue weighted by atomic mass is 9.81. The Morgan fingerprint density at radius 2 is 1.93 bits per heavy atom. The van der Waals surface area contributed by atoms with Gasteiger partial charge in [0.1, 0.15) is 0 Å². The molecule has 0 bridgehead atoms. The summed E-state index contributed by atoms with van der Waals surface area (Å²) < 4.78 is 32.7. The van der Waals surface area contributed by atoms with Crippen LogP contribution in [-0.2, 0) is 9.53 Å². The predicted octanol–water partition coefficient (Wildman–Crippen LogP) is 1.57. The molecular formula is C20H33F2N3O3. The van der Waals surface area contributed by atoms with Crippen molar-refractivity contribution in [2.45, 2.75) is 81.6 Å². The average Bonchev–Trinajstić information content (AvgIpc) is 3.22. The molecule has 0 aromatic heterocycles. The summed E-state index contributed by atoms with van der Waals surface area (Å²) in [5.74, 6) is -2.72. The Morgan fingerprint density at radius 3 is 2.57 bits per heavy atom. The van der Waals surface area contributed by atoms with Crippen LogP contribution in [0.25, 0.3) is 0 Å². The van der Waals surface area contributed by atoms with Gasteiger partial charge in [0.15, 0.2) is 0 Å². The Balaban J connectivity index is 1.24. The molecule has 3 saturated heterocycles. The summed E-state index contributed by atoms with van der Waals surface area (Å²) in [5, 5.41) is 13.2. The molecule has 1 spiro atoms. The molecule has 0 radical (unpaired) electrons. The molecule has 1 aliphatic carbocycles. The van der Waals surface area contributed by atoms with E-state index < -0.39 is 12.0 Å². The quantitative estimate of drug-likeness (QED) is 0.682. The molecule has 3 aliphatic heterocycles. The maximum Gasteiger partial charge on any atom is 0.308 e. The van der Waals surface area contributed by atoms with Crippen LogP contribution in [0, 0.1) is 5.92 Å². The highest BCUT2D eigenvalue weighted by atomic mass is 19.3. The van der Waals surface area contributed by atoms with E-state index in [9.17, 15) is 18.7 Å². The van der Waals surface area contributed by atoms with Crippen molar-refractivity contribution in [3.63, 3.8) is 0 Å². The summed E-state index contributed by atoms with van der Waals surface area (Å²) in [4.78, 5) is 16.2. The van der Waals surface area contributed by atoms with Crippen LogP contribution in [0.2, 0.25) is 0 Å². The number of nitrogens with zero attached hydrogens (tertiary/aromatic N) is 2. The molecule has 3 unspecified atom stereocenters. The van der Waals surface area contributed by atoms with Crippen molar-refractivity contribution < 1.29 is 23.4 Å². The predicted molar refractivity (Wildman–Crippen MR) is 100.0 cm³/mol. The van der Waals surface area contributed by atoms with Gasteiger partial charge in [-0.1, -0.05) is 0 Å². The molecule has 0 aromatic rings. The van der Waals surface area contributed by atoms with Crippen LogP contribution in [0.3, 0.4) is 0 Å². The number of halogens is 2. The fraction of sp³-hybridized carbons (Fsp3) is 0.950. The Bertz CT molecular complexity index is 577. The van der Waals surface area contributed by atoms with Gasteiger partial charge in [-0.05, 0) is 45.4 Å². The molecule has 4 fully saturated rings. The van der Waals surface area contributed by atoms with Gasteiger partial charge in [0.05, 0.1) is 31.8 Å². The van der Waals surface area contributed by atoms with E-state index in [2.05, 4.69) is 10.2 Å². The number of esters is 1. The number of hydrogen-bond acceptors (Lipinski definition) is 6. The van der Waals surface area contributed by atoms with Crippen molar-refractivity contribution in [2.75, 3.05) is 32.8 Å². The Labute approximate surface area is 165 Å². The van der Waals surface area contributed by atoms with E-state index in [0.29, 0.717) is 12.8 Å². The molecule has 6 nitrogen and oxygen atoms in total. The van der Waals surface area contributed by atoms with Crippen LogP contribution in [0.15, 0.2) is 0 Å². The molecule has 0 aromatic carbocycles. The van der Waals surface area contributed by atoms with Gasteiger partial charge < -0.3 is 9.84 Å². The highest BCUT2D eigenvalue weighted by Crippen LogP contribution is 2.45. The number of aliphatic hydroxyl groups excluding tert-OH is 1. The van der Waals surface area contributed by atoms with Crippen LogP contribution in [-0.4, -0.2) is 83.4 Å². The first-order valence-corrected chi connectivity index (χ1v) is 10.8. The van der Waals surface area contributed by atoms with Crippen LogP contribution >= 0.6 is 0 Å². The first-order chi connectivity index (χ1) is 13.3. The SMILES string of the molecule is CCOC(=O)C1CCC2(C1)CC(N1CCC(N3CC(F)(F)C[C@@H]3CO)CC1)N2. The van der Waals surface area contributed by atoms with E-state index in [1.165, 1.54) is 0 Å². The van der Waals surface area contributed by atoms with Gasteiger partial charge in [-0.3, -0.25) is 19.9 Å².